The van der Waals surface area contributed by atoms with Crippen molar-refractivity contribution in [1.29, 1.82) is 0 Å². The van der Waals surface area contributed by atoms with Gasteiger partial charge in [0.1, 0.15) is 5.69 Å². The largest absolute Gasteiger partial charge is 0.397 e. The summed E-state index contributed by atoms with van der Waals surface area (Å²) in [7, 11) is 1.60. The van der Waals surface area contributed by atoms with E-state index >= 15 is 0 Å². The number of rotatable bonds is 7. The summed E-state index contributed by atoms with van der Waals surface area (Å²) in [6.07, 6.45) is 4.42. The van der Waals surface area contributed by atoms with Crippen molar-refractivity contribution in [2.45, 2.75) is 46.1 Å². The molecule has 0 saturated heterocycles. The van der Waals surface area contributed by atoms with E-state index in [1.807, 2.05) is 19.9 Å². The van der Waals surface area contributed by atoms with E-state index in [0.717, 1.165) is 34.5 Å². The highest BCUT2D eigenvalue weighted by molar-refractivity contribution is 5.93. The quantitative estimate of drug-likeness (QED) is 0.698. The Morgan fingerprint density at radius 2 is 2.00 bits per heavy atom. The predicted octanol–water partition coefficient (Wildman–Crippen LogP) is 3.24. The fourth-order valence-corrected chi connectivity index (χ4v) is 2.83. The van der Waals surface area contributed by atoms with Crippen molar-refractivity contribution in [3.05, 3.63) is 59.2 Å². The third kappa shape index (κ3) is 4.64. The second kappa shape index (κ2) is 8.66. The number of nitrogens with zero attached hydrogens (tertiary/aromatic N) is 2. The van der Waals surface area contributed by atoms with Gasteiger partial charge in [0.2, 0.25) is 0 Å². The summed E-state index contributed by atoms with van der Waals surface area (Å²) >= 11 is 0. The Bertz CT molecular complexity index is 846. The lowest BCUT2D eigenvalue weighted by atomic mass is 9.93. The molecule has 6 heteroatoms. The Balaban J connectivity index is 2.51. The highest BCUT2D eigenvalue weighted by Gasteiger charge is 2.19. The molecule has 2 atom stereocenters. The molecule has 2 aromatic rings. The van der Waals surface area contributed by atoms with Crippen molar-refractivity contribution in [3.8, 4) is 0 Å². The molecule has 2 rings (SSSR count). The fourth-order valence-electron chi connectivity index (χ4n) is 2.83. The standard InChI is InChI=1S/C21H29N5O/c1-7-12(2)25-15(5)16-8-19(26-20(9-16)21(27)23-6)14(4)17-10-24-11-18(22)13(17)3/h8-12,14,25H,5,7,22H2,1-4,6H3,(H,23,27)/t12-,14+/m1/s1. The average Bonchev–Trinajstić information content (AvgIpc) is 2.68. The van der Waals surface area contributed by atoms with Crippen molar-refractivity contribution in [2.75, 3.05) is 12.8 Å². The van der Waals surface area contributed by atoms with Crippen LogP contribution in [0.5, 0.6) is 0 Å². The molecule has 0 fully saturated rings. The lowest BCUT2D eigenvalue weighted by Crippen LogP contribution is -2.24. The number of aromatic nitrogens is 2. The Morgan fingerprint density at radius 3 is 2.63 bits per heavy atom. The topological polar surface area (TPSA) is 92.9 Å². The van der Waals surface area contributed by atoms with Crippen molar-refractivity contribution < 1.29 is 4.79 Å². The molecule has 0 bridgehead atoms. The molecule has 4 N–H and O–H groups in total. The minimum atomic E-state index is -0.232. The summed E-state index contributed by atoms with van der Waals surface area (Å²) in [5, 5.41) is 6.01. The van der Waals surface area contributed by atoms with Gasteiger partial charge in [-0.1, -0.05) is 20.4 Å². The molecule has 2 heterocycles. The lowest BCUT2D eigenvalue weighted by molar-refractivity contribution is 0.0958. The number of hydrogen-bond donors (Lipinski definition) is 3. The highest BCUT2D eigenvalue weighted by Crippen LogP contribution is 2.29. The fraction of sp³-hybridized carbons (Fsp3) is 0.381. The van der Waals surface area contributed by atoms with Crippen LogP contribution in [0.25, 0.3) is 5.70 Å². The van der Waals surface area contributed by atoms with E-state index < -0.39 is 0 Å². The Hall–Kier alpha value is -2.89. The SMILES string of the molecule is C=C(N[C@H](C)CC)c1cc(C(=O)NC)nc([C@@H](C)c2cncc(N)c2C)c1. The molecular weight excluding hydrogens is 338 g/mol. The first-order chi connectivity index (χ1) is 12.8. The van der Waals surface area contributed by atoms with Gasteiger partial charge in [0.15, 0.2) is 0 Å². The zero-order valence-corrected chi connectivity index (χ0v) is 16.8. The number of nitrogens with one attached hydrogen (secondary N) is 2. The number of anilines is 1. The summed E-state index contributed by atoms with van der Waals surface area (Å²) in [5.41, 5.74) is 11.4. The summed E-state index contributed by atoms with van der Waals surface area (Å²) < 4.78 is 0. The molecule has 144 valence electrons. The van der Waals surface area contributed by atoms with Gasteiger partial charge in [0, 0.05) is 42.2 Å². The number of pyridine rings is 2. The number of nitrogen functional groups attached to an aromatic ring is 1. The van der Waals surface area contributed by atoms with Gasteiger partial charge in [-0.2, -0.15) is 0 Å². The van der Waals surface area contributed by atoms with Gasteiger partial charge in [-0.25, -0.2) is 4.98 Å². The van der Waals surface area contributed by atoms with E-state index in [4.69, 9.17) is 5.73 Å². The van der Waals surface area contributed by atoms with E-state index in [9.17, 15) is 4.79 Å². The molecule has 0 aromatic carbocycles. The van der Waals surface area contributed by atoms with Gasteiger partial charge >= 0.3 is 0 Å². The van der Waals surface area contributed by atoms with Crippen LogP contribution in [0.4, 0.5) is 5.69 Å². The molecule has 2 aromatic heterocycles. The second-order valence-electron chi connectivity index (χ2n) is 6.84. The third-order valence-electron chi connectivity index (χ3n) is 4.89. The van der Waals surface area contributed by atoms with Crippen LogP contribution in [0.2, 0.25) is 0 Å². The number of nitrogens with two attached hydrogens (primary N) is 1. The monoisotopic (exact) mass is 367 g/mol. The zero-order chi connectivity index (χ0) is 20.1. The predicted molar refractivity (Wildman–Crippen MR) is 110 cm³/mol. The van der Waals surface area contributed by atoms with Gasteiger partial charge in [-0.05, 0) is 43.5 Å². The summed E-state index contributed by atoms with van der Waals surface area (Å²) in [4.78, 5) is 21.0. The minimum absolute atomic E-state index is 0.0687. The van der Waals surface area contributed by atoms with E-state index in [0.29, 0.717) is 11.4 Å². The Kier molecular flexibility index (Phi) is 6.55. The van der Waals surface area contributed by atoms with Gasteiger partial charge in [0.25, 0.3) is 5.91 Å². The first-order valence-electron chi connectivity index (χ1n) is 9.18. The van der Waals surface area contributed by atoms with Crippen LogP contribution in [-0.2, 0) is 0 Å². The van der Waals surface area contributed by atoms with Crippen molar-refractivity contribution in [1.82, 2.24) is 20.6 Å². The van der Waals surface area contributed by atoms with E-state index in [1.165, 1.54) is 0 Å². The molecule has 1 amide bonds. The highest BCUT2D eigenvalue weighted by atomic mass is 16.1. The van der Waals surface area contributed by atoms with Crippen molar-refractivity contribution in [3.63, 3.8) is 0 Å². The molecule has 0 aliphatic heterocycles. The van der Waals surface area contributed by atoms with E-state index in [1.54, 1.807) is 25.5 Å². The molecule has 6 nitrogen and oxygen atoms in total. The molecule has 0 saturated carbocycles. The molecule has 0 aliphatic rings. The Morgan fingerprint density at radius 1 is 1.30 bits per heavy atom. The number of carbonyl (C=O) groups is 1. The third-order valence-corrected chi connectivity index (χ3v) is 4.89. The average molecular weight is 367 g/mol. The smallest absolute Gasteiger partial charge is 0.269 e. The first-order valence-corrected chi connectivity index (χ1v) is 9.18. The number of hydrogen-bond acceptors (Lipinski definition) is 5. The molecule has 0 unspecified atom stereocenters. The van der Waals surface area contributed by atoms with Gasteiger partial charge in [0.05, 0.1) is 11.9 Å². The van der Waals surface area contributed by atoms with Gasteiger partial charge in [-0.15, -0.1) is 0 Å². The van der Waals surface area contributed by atoms with Gasteiger partial charge < -0.3 is 16.4 Å². The maximum absolute atomic E-state index is 12.2. The van der Waals surface area contributed by atoms with E-state index in [2.05, 4.69) is 41.0 Å². The Labute approximate surface area is 161 Å². The maximum atomic E-state index is 12.2. The number of carbonyl (C=O) groups excluding carboxylic acids is 1. The van der Waals surface area contributed by atoms with Crippen LogP contribution < -0.4 is 16.4 Å². The van der Waals surface area contributed by atoms with Crippen LogP contribution in [0.15, 0.2) is 31.1 Å². The van der Waals surface area contributed by atoms with Crippen LogP contribution >= 0.6 is 0 Å². The maximum Gasteiger partial charge on any atom is 0.269 e. The van der Waals surface area contributed by atoms with E-state index in [-0.39, 0.29) is 17.9 Å². The molecule has 0 aliphatic carbocycles. The zero-order valence-electron chi connectivity index (χ0n) is 16.8. The minimum Gasteiger partial charge on any atom is -0.397 e. The van der Waals surface area contributed by atoms with Crippen molar-refractivity contribution in [2.24, 2.45) is 0 Å². The summed E-state index contributed by atoms with van der Waals surface area (Å²) in [6.45, 7) is 12.3. The molecule has 0 radical (unpaired) electrons. The second-order valence-corrected chi connectivity index (χ2v) is 6.84. The number of amides is 1. The normalized spacial score (nSPS) is 12.9. The first kappa shape index (κ1) is 20.4. The van der Waals surface area contributed by atoms with Crippen LogP contribution in [0.3, 0.4) is 0 Å². The molecule has 0 spiro atoms. The lowest BCUT2D eigenvalue weighted by Gasteiger charge is -2.19. The molecule has 27 heavy (non-hydrogen) atoms. The van der Waals surface area contributed by atoms with Crippen LogP contribution in [0, 0.1) is 6.92 Å². The van der Waals surface area contributed by atoms with Crippen molar-refractivity contribution >= 4 is 17.3 Å². The summed E-state index contributed by atoms with van der Waals surface area (Å²) in [6, 6.07) is 4.02. The molecular formula is C21H29N5O. The summed E-state index contributed by atoms with van der Waals surface area (Å²) in [5.74, 6) is -0.301. The van der Waals surface area contributed by atoms with Crippen LogP contribution in [-0.4, -0.2) is 29.0 Å². The van der Waals surface area contributed by atoms with Gasteiger partial charge in [-0.3, -0.25) is 9.78 Å². The van der Waals surface area contributed by atoms with Crippen LogP contribution in [0.1, 0.15) is 66.0 Å².